The van der Waals surface area contributed by atoms with E-state index in [0.717, 1.165) is 24.2 Å². The van der Waals surface area contributed by atoms with Gasteiger partial charge in [0.2, 0.25) is 11.8 Å². The Morgan fingerprint density at radius 2 is 2.04 bits per heavy atom. The highest BCUT2D eigenvalue weighted by Crippen LogP contribution is 2.34. The Labute approximate surface area is 143 Å². The number of likely N-dealkylation sites (tertiary alicyclic amines) is 1. The zero-order valence-electron chi connectivity index (χ0n) is 14.5. The number of amides is 2. The van der Waals surface area contributed by atoms with Gasteiger partial charge in [-0.25, -0.2) is 0 Å². The van der Waals surface area contributed by atoms with E-state index in [4.69, 9.17) is 4.74 Å². The summed E-state index contributed by atoms with van der Waals surface area (Å²) in [6.07, 6.45) is 5.42. The van der Waals surface area contributed by atoms with Gasteiger partial charge in [-0.1, -0.05) is 31.0 Å². The number of ether oxygens (including phenoxy) is 1. The number of carbonyl (C=O) groups is 2. The highest BCUT2D eigenvalue weighted by atomic mass is 16.5. The van der Waals surface area contributed by atoms with E-state index in [9.17, 15) is 9.59 Å². The van der Waals surface area contributed by atoms with Gasteiger partial charge in [-0.05, 0) is 32.3 Å². The molecule has 0 aromatic heterocycles. The Hall–Kier alpha value is -2.04. The second kappa shape index (κ2) is 6.83. The molecule has 0 spiro atoms. The largest absolute Gasteiger partial charge is 0.496 e. The lowest BCUT2D eigenvalue weighted by Crippen LogP contribution is -2.55. The summed E-state index contributed by atoms with van der Waals surface area (Å²) < 4.78 is 5.39. The summed E-state index contributed by atoms with van der Waals surface area (Å²) in [7, 11) is 1.62. The molecular formula is C19H26N2O3. The summed E-state index contributed by atoms with van der Waals surface area (Å²) in [6.45, 7) is 2.29. The smallest absolute Gasteiger partial charge is 0.245 e. The highest BCUT2D eigenvalue weighted by Gasteiger charge is 2.47. The Morgan fingerprint density at radius 1 is 1.33 bits per heavy atom. The Morgan fingerprint density at radius 3 is 2.75 bits per heavy atom. The molecule has 1 saturated heterocycles. The molecule has 0 radical (unpaired) electrons. The minimum Gasteiger partial charge on any atom is -0.496 e. The normalized spacial score (nSPS) is 24.4. The molecule has 0 unspecified atom stereocenters. The molecule has 5 nitrogen and oxygen atoms in total. The molecule has 130 valence electrons. The van der Waals surface area contributed by atoms with Crippen LogP contribution in [0.3, 0.4) is 0 Å². The number of methoxy groups -OCH3 is 1. The van der Waals surface area contributed by atoms with Gasteiger partial charge >= 0.3 is 0 Å². The van der Waals surface area contributed by atoms with Crippen molar-refractivity contribution in [3.05, 3.63) is 29.8 Å². The van der Waals surface area contributed by atoms with Crippen molar-refractivity contribution < 1.29 is 14.3 Å². The van der Waals surface area contributed by atoms with Crippen molar-refractivity contribution in [3.8, 4) is 5.75 Å². The maximum atomic E-state index is 12.9. The number of para-hydroxylation sites is 1. The van der Waals surface area contributed by atoms with E-state index in [1.54, 1.807) is 12.0 Å². The molecule has 1 atom stereocenters. The summed E-state index contributed by atoms with van der Waals surface area (Å²) in [5, 5.41) is 3.16. The van der Waals surface area contributed by atoms with Gasteiger partial charge < -0.3 is 15.0 Å². The zero-order chi connectivity index (χ0) is 17.2. The van der Waals surface area contributed by atoms with E-state index >= 15 is 0 Å². The summed E-state index contributed by atoms with van der Waals surface area (Å²) in [6, 6.07) is 7.91. The maximum Gasteiger partial charge on any atom is 0.245 e. The number of benzene rings is 1. The predicted octanol–water partition coefficient (Wildman–Crippen LogP) is 2.64. The van der Waals surface area contributed by atoms with Crippen molar-refractivity contribution in [2.45, 2.75) is 63.6 Å². The molecule has 2 fully saturated rings. The highest BCUT2D eigenvalue weighted by molar-refractivity contribution is 5.94. The van der Waals surface area contributed by atoms with Crippen LogP contribution < -0.4 is 10.1 Å². The lowest BCUT2D eigenvalue weighted by atomic mass is 9.96. The molecule has 2 aliphatic rings. The Balaban J connectivity index is 1.78. The molecule has 1 aromatic rings. The average Bonchev–Trinajstić information content (AvgIpc) is 3.19. The number of nitrogens with zero attached hydrogens (tertiary/aromatic N) is 1. The number of carbonyl (C=O) groups excluding carboxylic acids is 2. The fourth-order valence-electron chi connectivity index (χ4n) is 3.81. The molecule has 3 rings (SSSR count). The van der Waals surface area contributed by atoms with Crippen LogP contribution in [0.4, 0.5) is 0 Å². The molecule has 1 heterocycles. The van der Waals surface area contributed by atoms with Gasteiger partial charge in [0.05, 0.1) is 13.7 Å². The summed E-state index contributed by atoms with van der Waals surface area (Å²) in [5.41, 5.74) is 0.149. The quantitative estimate of drug-likeness (QED) is 0.903. The van der Waals surface area contributed by atoms with Crippen molar-refractivity contribution in [2.24, 2.45) is 0 Å². The predicted molar refractivity (Wildman–Crippen MR) is 91.6 cm³/mol. The van der Waals surface area contributed by atoms with E-state index in [1.807, 2.05) is 31.2 Å². The van der Waals surface area contributed by atoms with Crippen LogP contribution in [0.5, 0.6) is 5.75 Å². The third kappa shape index (κ3) is 3.12. The van der Waals surface area contributed by atoms with Gasteiger partial charge in [0.1, 0.15) is 11.3 Å². The van der Waals surface area contributed by atoms with Gasteiger partial charge in [0.15, 0.2) is 0 Å². The van der Waals surface area contributed by atoms with E-state index in [2.05, 4.69) is 5.32 Å². The Kier molecular flexibility index (Phi) is 4.78. The zero-order valence-corrected chi connectivity index (χ0v) is 14.5. The van der Waals surface area contributed by atoms with Crippen LogP contribution in [0.15, 0.2) is 24.3 Å². The van der Waals surface area contributed by atoms with Crippen LogP contribution >= 0.6 is 0 Å². The van der Waals surface area contributed by atoms with Crippen LogP contribution in [0.2, 0.25) is 0 Å². The monoisotopic (exact) mass is 330 g/mol. The number of hydrogen-bond donors (Lipinski definition) is 1. The van der Waals surface area contributed by atoms with E-state index in [-0.39, 0.29) is 17.9 Å². The molecule has 1 aliphatic carbocycles. The lowest BCUT2D eigenvalue weighted by molar-refractivity contribution is -0.141. The van der Waals surface area contributed by atoms with Crippen molar-refractivity contribution in [1.29, 1.82) is 0 Å². The first kappa shape index (κ1) is 16.8. The van der Waals surface area contributed by atoms with Crippen LogP contribution in [0.1, 0.15) is 51.0 Å². The van der Waals surface area contributed by atoms with Crippen LogP contribution in [0.25, 0.3) is 0 Å². The van der Waals surface area contributed by atoms with Crippen LogP contribution in [-0.4, -0.2) is 35.4 Å². The number of hydrogen-bond acceptors (Lipinski definition) is 3. The van der Waals surface area contributed by atoms with E-state index in [1.165, 1.54) is 12.8 Å². The van der Waals surface area contributed by atoms with Crippen molar-refractivity contribution in [1.82, 2.24) is 10.2 Å². The van der Waals surface area contributed by atoms with Crippen molar-refractivity contribution in [2.75, 3.05) is 7.11 Å². The van der Waals surface area contributed by atoms with Gasteiger partial charge in [0.25, 0.3) is 0 Å². The van der Waals surface area contributed by atoms with Crippen molar-refractivity contribution in [3.63, 3.8) is 0 Å². The minimum absolute atomic E-state index is 0.0184. The number of rotatable bonds is 5. The van der Waals surface area contributed by atoms with Crippen LogP contribution in [0, 0.1) is 0 Å². The Bertz CT molecular complexity index is 625. The fourth-order valence-corrected chi connectivity index (χ4v) is 3.81. The minimum atomic E-state index is -0.777. The lowest BCUT2D eigenvalue weighted by Gasteiger charge is -2.35. The summed E-state index contributed by atoms with van der Waals surface area (Å²) in [5.74, 6) is 0.760. The summed E-state index contributed by atoms with van der Waals surface area (Å²) in [4.78, 5) is 27.0. The first-order chi connectivity index (χ1) is 11.5. The third-order valence-electron chi connectivity index (χ3n) is 5.42. The van der Waals surface area contributed by atoms with Gasteiger partial charge in [0, 0.05) is 18.0 Å². The average molecular weight is 330 g/mol. The number of nitrogens with one attached hydrogen (secondary N) is 1. The molecule has 0 bridgehead atoms. The molecule has 1 saturated carbocycles. The molecule has 24 heavy (non-hydrogen) atoms. The van der Waals surface area contributed by atoms with Gasteiger partial charge in [-0.2, -0.15) is 0 Å². The van der Waals surface area contributed by atoms with Gasteiger partial charge in [-0.3, -0.25) is 9.59 Å². The SMILES string of the molecule is COc1ccccc1CN1C(=O)CC[C@@]1(C)C(=O)NC1CCCC1. The first-order valence-electron chi connectivity index (χ1n) is 8.78. The van der Waals surface area contributed by atoms with Crippen molar-refractivity contribution >= 4 is 11.8 Å². The molecule has 5 heteroatoms. The van der Waals surface area contributed by atoms with Crippen LogP contribution in [-0.2, 0) is 16.1 Å². The topological polar surface area (TPSA) is 58.6 Å². The van der Waals surface area contributed by atoms with E-state index in [0.29, 0.717) is 19.4 Å². The van der Waals surface area contributed by atoms with E-state index < -0.39 is 5.54 Å². The molecule has 1 aromatic carbocycles. The van der Waals surface area contributed by atoms with Gasteiger partial charge in [-0.15, -0.1) is 0 Å². The fraction of sp³-hybridized carbons (Fsp3) is 0.579. The second-order valence-corrected chi connectivity index (χ2v) is 7.02. The maximum absolute atomic E-state index is 12.9. The molecule has 1 N–H and O–H groups in total. The summed E-state index contributed by atoms with van der Waals surface area (Å²) >= 11 is 0. The standard InChI is InChI=1S/C19H26N2O3/c1-19(18(23)20-15-8-4-5-9-15)12-11-17(22)21(19)13-14-7-3-6-10-16(14)24-2/h3,6-7,10,15H,4-5,8-9,11-13H2,1-2H3,(H,20,23)/t19-/m0/s1. The molecule has 1 aliphatic heterocycles. The molecular weight excluding hydrogens is 304 g/mol. The second-order valence-electron chi connectivity index (χ2n) is 7.02. The molecule has 2 amide bonds. The first-order valence-corrected chi connectivity index (χ1v) is 8.78. The third-order valence-corrected chi connectivity index (χ3v) is 5.42.